The number of carbonyl (C=O) groups is 7. The Balaban J connectivity index is 0.000000341. The first-order valence-corrected chi connectivity index (χ1v) is 43.1. The van der Waals surface area contributed by atoms with Gasteiger partial charge in [-0.2, -0.15) is 0 Å². The van der Waals surface area contributed by atoms with Gasteiger partial charge in [0.25, 0.3) is 0 Å². The Morgan fingerprint density at radius 1 is 0.571 bits per heavy atom. The Morgan fingerprint density at radius 2 is 1.00 bits per heavy atom. The second-order valence-corrected chi connectivity index (χ2v) is 35.2. The molecule has 4 heterocycles. The summed E-state index contributed by atoms with van der Waals surface area (Å²) < 4.78 is 49.2. The fourth-order valence-corrected chi connectivity index (χ4v) is 16.4. The zero-order chi connectivity index (χ0) is 81.3. The van der Waals surface area contributed by atoms with Gasteiger partial charge in [0.2, 0.25) is 23.6 Å². The number of hydrogen-bond acceptors (Lipinski definition) is 17. The van der Waals surface area contributed by atoms with Crippen molar-refractivity contribution in [3.8, 4) is 20.9 Å². The highest BCUT2D eigenvalue weighted by Crippen LogP contribution is 2.38. The Labute approximate surface area is 683 Å². The van der Waals surface area contributed by atoms with E-state index in [1.807, 2.05) is 138 Å². The Kier molecular flexibility index (Phi) is 38.9. The highest BCUT2D eigenvalue weighted by Gasteiger charge is 2.46. The highest BCUT2D eigenvalue weighted by atomic mass is 127. The van der Waals surface area contributed by atoms with Crippen LogP contribution in [0, 0.1) is 57.5 Å². The summed E-state index contributed by atoms with van der Waals surface area (Å²) in [5.74, 6) is -5.71. The molecule has 0 aliphatic carbocycles. The lowest BCUT2D eigenvalue weighted by Gasteiger charge is -2.34. The predicted octanol–water partition coefficient (Wildman–Crippen LogP) is 17.0. The standard InChI is InChI=1S/C52H67F3IN5O6S.C35H54N4O4S/c1-34-49(68-33-59-34)36-18-16-35(17-19-36)30-58-50(65)45-29-39(63)31-61(45)51(66)41(52(2,3)4)28-38(62)15-12-10-8-6-5-7-9-11-13-24-57-25-14-26-67-32-46(64)40-21-22-42(53)47(55)48(40)60-44-23-20-37(56)27-43(44)54;1-25-32(44-24-38-25)27-17-15-26(16-18-27)22-37-33(42)31-21-29(41)23-39(31)34(43)30(35(2,3)4)20-28(40)14-12-10-8-6-5-7-9-11-13-19-36/h16-23,27,33,39,41,45,57,60,63H,5-15,24-26,28-32H2,1-4H3,(H,58,65);15-18,24,29-31,41H,5-14,19-23,36H2,1-4H3,(H,37,42)/t39-,41-,45+;29-,30-,31+/m11/s1. The molecular weight excluding hydrogens is 1580 g/mol. The maximum Gasteiger partial charge on any atom is 0.243 e. The van der Waals surface area contributed by atoms with Gasteiger partial charge in [0, 0.05) is 92.3 Å². The number of nitrogens with one attached hydrogen (secondary N) is 4. The number of nitrogens with zero attached hydrogens (tertiary/aromatic N) is 4. The summed E-state index contributed by atoms with van der Waals surface area (Å²) in [7, 11) is 0. The molecule has 6 atom stereocenters. The molecule has 0 bridgehead atoms. The molecule has 614 valence electrons. The quantitative estimate of drug-likeness (QED) is 0.0106. The lowest BCUT2D eigenvalue weighted by molar-refractivity contribution is -0.146. The molecule has 19 nitrogen and oxygen atoms in total. The van der Waals surface area contributed by atoms with Crippen LogP contribution in [0.3, 0.4) is 0 Å². The van der Waals surface area contributed by atoms with Crippen LogP contribution >= 0.6 is 45.3 Å². The first-order valence-electron chi connectivity index (χ1n) is 40.3. The van der Waals surface area contributed by atoms with Crippen molar-refractivity contribution in [2.45, 2.75) is 253 Å². The summed E-state index contributed by atoms with van der Waals surface area (Å²) in [6.45, 7) is 18.8. The number of nitrogens with two attached hydrogens (primary N) is 1. The van der Waals surface area contributed by atoms with E-state index in [9.17, 15) is 56.9 Å². The van der Waals surface area contributed by atoms with Crippen molar-refractivity contribution in [2.75, 3.05) is 51.3 Å². The summed E-state index contributed by atoms with van der Waals surface area (Å²) in [6.07, 6.45) is 20.3. The van der Waals surface area contributed by atoms with Crippen LogP contribution in [0.5, 0.6) is 0 Å². The number of thiazole rings is 2. The SMILES string of the molecule is Cc1ncsc1-c1ccc(CNC(=O)[C@@H]2C[C@@H](O)CN2C(=O)[C@@H](CC(=O)CCCCCCCCCCCN)C(C)(C)C)cc1.Cc1ncsc1-c1ccc(CNC(=O)[C@@H]2C[C@@H](O)CN2C(=O)[C@@H](CC(=O)CCCCCCCCCCCNCCCOCC(=O)c2ccc(F)c(F)c2Nc2ccc(I)cc2F)C(C)(C)C)cc1. The van der Waals surface area contributed by atoms with E-state index in [1.54, 1.807) is 28.7 Å². The maximum absolute atomic E-state index is 14.7. The molecule has 0 radical (unpaired) electrons. The van der Waals surface area contributed by atoms with Crippen molar-refractivity contribution in [2.24, 2.45) is 28.4 Å². The van der Waals surface area contributed by atoms with Gasteiger partial charge in [-0.25, -0.2) is 23.1 Å². The molecule has 2 aliphatic heterocycles. The largest absolute Gasteiger partial charge is 0.391 e. The van der Waals surface area contributed by atoms with E-state index in [4.69, 9.17) is 10.5 Å². The van der Waals surface area contributed by atoms with E-state index in [1.165, 1.54) is 60.1 Å². The van der Waals surface area contributed by atoms with Gasteiger partial charge in [0.15, 0.2) is 17.4 Å². The van der Waals surface area contributed by atoms with Gasteiger partial charge in [0.1, 0.15) is 36.1 Å². The number of carbonyl (C=O) groups excluding carboxylic acids is 7. The molecule has 0 unspecified atom stereocenters. The van der Waals surface area contributed by atoms with Crippen molar-refractivity contribution < 1.29 is 61.7 Å². The lowest BCUT2D eigenvalue weighted by atomic mass is 9.76. The highest BCUT2D eigenvalue weighted by molar-refractivity contribution is 14.1. The number of Topliss-reactive ketones (excluding diaryl/α,β-unsaturated/α-hetero) is 3. The van der Waals surface area contributed by atoms with E-state index in [-0.39, 0.29) is 91.8 Å². The van der Waals surface area contributed by atoms with Crippen molar-refractivity contribution in [1.82, 2.24) is 35.7 Å². The molecule has 112 heavy (non-hydrogen) atoms. The van der Waals surface area contributed by atoms with Crippen LogP contribution in [-0.4, -0.2) is 141 Å². The first-order chi connectivity index (χ1) is 53.5. The molecule has 2 fully saturated rings. The van der Waals surface area contributed by atoms with E-state index in [0.717, 1.165) is 146 Å². The third-order valence-corrected chi connectivity index (χ3v) is 23.7. The molecular formula is C87H121F3IN9O10S2. The summed E-state index contributed by atoms with van der Waals surface area (Å²) in [4.78, 5) is 108. The van der Waals surface area contributed by atoms with Gasteiger partial charge in [-0.3, -0.25) is 33.6 Å². The maximum atomic E-state index is 14.7. The van der Waals surface area contributed by atoms with Crippen LogP contribution in [0.1, 0.15) is 235 Å². The number of aliphatic hydroxyl groups excluding tert-OH is 2. The lowest BCUT2D eigenvalue weighted by Crippen LogP contribution is -2.50. The molecule has 2 saturated heterocycles. The van der Waals surface area contributed by atoms with E-state index >= 15 is 0 Å². The van der Waals surface area contributed by atoms with Crippen molar-refractivity contribution in [1.29, 1.82) is 0 Å². The number of aliphatic hydroxyl groups is 2. The van der Waals surface area contributed by atoms with Gasteiger partial charge in [-0.1, -0.05) is 180 Å². The van der Waals surface area contributed by atoms with Crippen LogP contribution in [0.4, 0.5) is 24.5 Å². The summed E-state index contributed by atoms with van der Waals surface area (Å²) in [5.41, 5.74) is 13.6. The van der Waals surface area contributed by atoms with E-state index < -0.39 is 75.9 Å². The number of halogens is 4. The average Bonchev–Trinajstić information content (AvgIpc) is 1.62. The third kappa shape index (κ3) is 30.1. The number of anilines is 2. The molecule has 0 spiro atoms. The molecule has 4 aromatic carbocycles. The second kappa shape index (κ2) is 47.2. The zero-order valence-electron chi connectivity index (χ0n) is 67.0. The minimum atomic E-state index is -1.27. The molecule has 8 N–H and O–H groups in total. The number of unbranched alkanes of at least 4 members (excludes halogenated alkanes) is 16. The van der Waals surface area contributed by atoms with Gasteiger partial charge < -0.3 is 51.8 Å². The van der Waals surface area contributed by atoms with Gasteiger partial charge in [-0.15, -0.1) is 22.7 Å². The fraction of sp³-hybridized carbons (Fsp3) is 0.575. The van der Waals surface area contributed by atoms with Crippen LogP contribution < -0.4 is 27.0 Å². The number of ether oxygens (including phenoxy) is 1. The molecule has 6 aromatic rings. The summed E-state index contributed by atoms with van der Waals surface area (Å²) in [5, 5.41) is 32.9. The molecule has 25 heteroatoms. The van der Waals surface area contributed by atoms with Crippen LogP contribution in [-0.2, 0) is 46.6 Å². The normalized spacial score (nSPS) is 16.2. The van der Waals surface area contributed by atoms with E-state index in [2.05, 4.69) is 31.2 Å². The van der Waals surface area contributed by atoms with Gasteiger partial charge in [-0.05, 0) is 152 Å². The third-order valence-electron chi connectivity index (χ3n) is 21.1. The van der Waals surface area contributed by atoms with Gasteiger partial charge in [0.05, 0.1) is 55.7 Å². The number of ketones is 3. The number of benzene rings is 4. The molecule has 8 rings (SSSR count). The van der Waals surface area contributed by atoms with Gasteiger partial charge >= 0.3 is 0 Å². The number of aryl methyl sites for hydroxylation is 2. The van der Waals surface area contributed by atoms with Crippen molar-refractivity contribution >= 4 is 97.6 Å². The molecule has 2 aliphatic rings. The number of β-amino-alcohol motifs (C(OH)–C–C–N with tert-alkyl or cyclic N) is 2. The first kappa shape index (κ1) is 92.3. The molecule has 4 amide bonds. The number of aromatic nitrogens is 2. The fourth-order valence-electron chi connectivity index (χ4n) is 14.3. The van der Waals surface area contributed by atoms with Crippen LogP contribution in [0.15, 0.2) is 89.9 Å². The molecule has 0 saturated carbocycles. The topological polar surface area (TPSA) is 276 Å². The van der Waals surface area contributed by atoms with Crippen LogP contribution in [0.2, 0.25) is 0 Å². The minimum absolute atomic E-state index is 0.0486. The summed E-state index contributed by atoms with van der Waals surface area (Å²) >= 11 is 5.12. The smallest absolute Gasteiger partial charge is 0.243 e. The zero-order valence-corrected chi connectivity index (χ0v) is 70.8. The predicted molar refractivity (Wildman–Crippen MR) is 448 cm³/mol. The number of amides is 4. The van der Waals surface area contributed by atoms with Crippen molar-refractivity contribution in [3.63, 3.8) is 0 Å². The van der Waals surface area contributed by atoms with Crippen molar-refractivity contribution in [3.05, 3.63) is 139 Å². The Hall–Kier alpha value is -6.85. The molecule has 2 aromatic heterocycles. The number of rotatable bonds is 46. The summed E-state index contributed by atoms with van der Waals surface area (Å²) in [6, 6.07) is 20.7. The number of likely N-dealkylation sites (tertiary alicyclic amines) is 2. The van der Waals surface area contributed by atoms with E-state index in [0.29, 0.717) is 49.1 Å². The number of hydrogen-bond donors (Lipinski definition) is 7. The second-order valence-electron chi connectivity index (χ2n) is 32.2. The minimum Gasteiger partial charge on any atom is -0.391 e. The Morgan fingerprint density at radius 3 is 1.42 bits per heavy atom. The van der Waals surface area contributed by atoms with Crippen LogP contribution in [0.25, 0.3) is 20.9 Å². The average molecular weight is 1700 g/mol. The monoisotopic (exact) mass is 1700 g/mol. The Bertz CT molecular complexity index is 3960.